The van der Waals surface area contributed by atoms with Crippen LogP contribution in [0.2, 0.25) is 0 Å². The molecule has 0 unspecified atom stereocenters. The van der Waals surface area contributed by atoms with Crippen molar-refractivity contribution in [2.45, 2.75) is 99.1 Å². The summed E-state index contributed by atoms with van der Waals surface area (Å²) in [4.78, 5) is 13.3. The summed E-state index contributed by atoms with van der Waals surface area (Å²) in [5, 5.41) is 23.3. The van der Waals surface area contributed by atoms with Crippen molar-refractivity contribution < 1.29 is 19.4 Å². The lowest BCUT2D eigenvalue weighted by atomic mass is 9.34. The Morgan fingerprint density at radius 3 is 2.57 bits per heavy atom. The second-order valence-corrected chi connectivity index (χ2v) is 16.0. The Labute approximate surface area is 251 Å². The van der Waals surface area contributed by atoms with E-state index in [0.29, 0.717) is 50.0 Å². The number of carboxylic acids is 1. The molecule has 11 atom stereocenters. The van der Waals surface area contributed by atoms with Crippen LogP contribution in [0.15, 0.2) is 18.0 Å². The summed E-state index contributed by atoms with van der Waals surface area (Å²) in [5.41, 5.74) is 6.39. The largest absolute Gasteiger partial charge is 0.481 e. The highest BCUT2D eigenvalue weighted by Gasteiger charge is 2.71. The van der Waals surface area contributed by atoms with Gasteiger partial charge in [-0.1, -0.05) is 60.1 Å². The van der Waals surface area contributed by atoms with Gasteiger partial charge in [-0.05, 0) is 88.9 Å². The highest BCUT2D eigenvalue weighted by molar-refractivity contribution is 5.73. The minimum absolute atomic E-state index is 0.0224. The van der Waals surface area contributed by atoms with Crippen LogP contribution in [0.25, 0.3) is 0 Å². The van der Waals surface area contributed by atoms with Gasteiger partial charge in [-0.2, -0.15) is 0 Å². The monoisotopic (exact) mass is 583 g/mol. The van der Waals surface area contributed by atoms with Gasteiger partial charge < -0.3 is 20.3 Å². The minimum atomic E-state index is -0.619. The highest BCUT2D eigenvalue weighted by Crippen LogP contribution is 2.75. The van der Waals surface area contributed by atoms with E-state index in [-0.39, 0.29) is 39.2 Å². The van der Waals surface area contributed by atoms with Crippen LogP contribution in [0.3, 0.4) is 0 Å². The van der Waals surface area contributed by atoms with E-state index in [0.717, 1.165) is 38.5 Å². The predicted octanol–water partition coefficient (Wildman–Crippen LogP) is 5.15. The SMILES string of the molecule is CC(C)[C@@H](C)[C@@]1(C)CC[C@]2(C)[C@H]3CC[C@@H]4[C@@]5(COC[C@@]4(C)[C@@H](OCCN)[C@H](n4cnnn4)C5)C3=CC[C@@]2(C)[C@@H]1C(=O)O. The van der Waals surface area contributed by atoms with Crippen molar-refractivity contribution in [2.75, 3.05) is 26.4 Å². The molecular formula is C33H53N5O4. The van der Waals surface area contributed by atoms with Crippen LogP contribution in [-0.4, -0.2) is 63.8 Å². The lowest BCUT2D eigenvalue weighted by Gasteiger charge is -2.71. The average Bonchev–Trinajstić information content (AvgIpc) is 3.47. The number of hydrogen-bond donors (Lipinski definition) is 2. The maximum Gasteiger partial charge on any atom is 0.307 e. The summed E-state index contributed by atoms with van der Waals surface area (Å²) < 4.78 is 15.0. The van der Waals surface area contributed by atoms with Crippen LogP contribution in [0.4, 0.5) is 0 Å². The summed E-state index contributed by atoms with van der Waals surface area (Å²) in [5.74, 6) is 0.493. The van der Waals surface area contributed by atoms with Crippen molar-refractivity contribution in [1.29, 1.82) is 0 Å². The molecule has 2 bridgehead atoms. The molecule has 0 spiro atoms. The van der Waals surface area contributed by atoms with E-state index in [2.05, 4.69) is 70.1 Å². The number of aliphatic carboxylic acids is 1. The number of nitrogens with two attached hydrogens (primary N) is 1. The normalized spacial score (nSPS) is 47.2. The molecule has 2 heterocycles. The van der Waals surface area contributed by atoms with E-state index in [1.165, 1.54) is 5.57 Å². The maximum absolute atomic E-state index is 13.3. The average molecular weight is 584 g/mol. The van der Waals surface area contributed by atoms with Crippen LogP contribution >= 0.6 is 0 Å². The van der Waals surface area contributed by atoms with Crippen LogP contribution in [0, 0.1) is 56.7 Å². The molecule has 0 aromatic carbocycles. The first kappa shape index (κ1) is 30.2. The van der Waals surface area contributed by atoms with Gasteiger partial charge in [0.2, 0.25) is 0 Å². The fourth-order valence-electron chi connectivity index (χ4n) is 11.7. The molecule has 3 N–H and O–H groups in total. The zero-order valence-corrected chi connectivity index (χ0v) is 26.8. The minimum Gasteiger partial charge on any atom is -0.481 e. The molecule has 3 saturated carbocycles. The van der Waals surface area contributed by atoms with Gasteiger partial charge in [0.1, 0.15) is 6.33 Å². The zero-order valence-electron chi connectivity index (χ0n) is 26.8. The molecule has 9 heteroatoms. The van der Waals surface area contributed by atoms with Gasteiger partial charge in [0.05, 0.1) is 37.9 Å². The number of allylic oxidation sites excluding steroid dienone is 1. The molecule has 1 aromatic heterocycles. The van der Waals surface area contributed by atoms with E-state index in [1.807, 2.05) is 4.68 Å². The Kier molecular flexibility index (Phi) is 7.26. The third-order valence-electron chi connectivity index (χ3n) is 14.2. The smallest absolute Gasteiger partial charge is 0.307 e. The molecule has 42 heavy (non-hydrogen) atoms. The van der Waals surface area contributed by atoms with Gasteiger partial charge >= 0.3 is 5.97 Å². The van der Waals surface area contributed by atoms with Crippen molar-refractivity contribution in [3.8, 4) is 0 Å². The van der Waals surface area contributed by atoms with Crippen molar-refractivity contribution in [3.05, 3.63) is 18.0 Å². The van der Waals surface area contributed by atoms with Gasteiger partial charge in [0.15, 0.2) is 0 Å². The fraction of sp³-hybridized carbons (Fsp3) is 0.879. The van der Waals surface area contributed by atoms with Crippen molar-refractivity contribution in [3.63, 3.8) is 0 Å². The molecule has 1 aromatic rings. The van der Waals surface area contributed by atoms with Crippen LogP contribution in [0.1, 0.15) is 93.0 Å². The Hall–Kier alpha value is -1.84. The number of rotatable bonds is 7. The number of aromatic nitrogens is 4. The van der Waals surface area contributed by atoms with Crippen LogP contribution < -0.4 is 5.73 Å². The van der Waals surface area contributed by atoms with Gasteiger partial charge in [-0.25, -0.2) is 4.68 Å². The summed E-state index contributed by atoms with van der Waals surface area (Å²) in [7, 11) is 0. The second kappa shape index (κ2) is 10.1. The Bertz CT molecular complexity index is 1220. The molecule has 0 amide bonds. The van der Waals surface area contributed by atoms with Gasteiger partial charge in [0.25, 0.3) is 0 Å². The molecule has 4 fully saturated rings. The lowest BCUT2D eigenvalue weighted by Crippen LogP contribution is -2.69. The first-order chi connectivity index (χ1) is 19.8. The van der Waals surface area contributed by atoms with Crippen molar-refractivity contribution in [2.24, 2.45) is 62.4 Å². The molecule has 1 aliphatic heterocycles. The maximum atomic E-state index is 13.3. The molecule has 9 nitrogen and oxygen atoms in total. The Balaban J connectivity index is 1.46. The highest BCUT2D eigenvalue weighted by atomic mass is 16.5. The van der Waals surface area contributed by atoms with E-state index >= 15 is 0 Å². The molecular weight excluding hydrogens is 530 g/mol. The third kappa shape index (κ3) is 3.84. The van der Waals surface area contributed by atoms with E-state index in [9.17, 15) is 9.90 Å². The number of fused-ring (bicyclic) bond motifs is 3. The van der Waals surface area contributed by atoms with Gasteiger partial charge in [-0.15, -0.1) is 5.10 Å². The van der Waals surface area contributed by atoms with E-state index in [1.54, 1.807) is 6.33 Å². The molecule has 5 aliphatic rings. The van der Waals surface area contributed by atoms with Gasteiger partial charge in [-0.3, -0.25) is 4.79 Å². The molecule has 4 aliphatic carbocycles. The predicted molar refractivity (Wildman–Crippen MR) is 159 cm³/mol. The topological polar surface area (TPSA) is 125 Å². The quantitative estimate of drug-likeness (QED) is 0.423. The number of ether oxygens (including phenoxy) is 2. The second-order valence-electron chi connectivity index (χ2n) is 16.0. The third-order valence-corrected chi connectivity index (χ3v) is 14.2. The summed E-state index contributed by atoms with van der Waals surface area (Å²) in [6.45, 7) is 18.4. The van der Waals surface area contributed by atoms with Crippen LogP contribution in [0.5, 0.6) is 0 Å². The van der Waals surface area contributed by atoms with Crippen molar-refractivity contribution >= 4 is 5.97 Å². The first-order valence-corrected chi connectivity index (χ1v) is 16.4. The first-order valence-electron chi connectivity index (χ1n) is 16.4. The van der Waals surface area contributed by atoms with Crippen LogP contribution in [-0.2, 0) is 14.3 Å². The fourth-order valence-corrected chi connectivity index (χ4v) is 11.7. The molecule has 234 valence electrons. The summed E-state index contributed by atoms with van der Waals surface area (Å²) >= 11 is 0. The molecule has 6 rings (SSSR count). The lowest BCUT2D eigenvalue weighted by molar-refractivity contribution is -0.249. The number of carboxylic acid groups (broad SMARTS) is 1. The molecule has 0 radical (unpaired) electrons. The number of nitrogens with zero attached hydrogens (tertiary/aromatic N) is 4. The summed E-state index contributed by atoms with van der Waals surface area (Å²) in [6.07, 6.45) is 9.95. The van der Waals surface area contributed by atoms with Crippen molar-refractivity contribution in [1.82, 2.24) is 20.2 Å². The zero-order chi connectivity index (χ0) is 30.3. The standard InChI is InChI=1S/C33H53N5O4/c1-20(2)21(3)29(4)12-13-31(6)22-8-9-25-30(5)17-41-18-33(25,23(22)10-11-32(31,7)26(29)28(39)40)16-24(27(30)42-15-14-34)38-19-35-36-37-38/h10,19-22,24-27H,8-9,11-18,34H2,1-7H3,(H,39,40)/t21-,22+,24-,25+,26-,27+,29-,30-,31-,32+,33+/m1/s1. The van der Waals surface area contributed by atoms with E-state index < -0.39 is 11.9 Å². The Morgan fingerprint density at radius 1 is 1.17 bits per heavy atom. The Morgan fingerprint density at radius 2 is 1.93 bits per heavy atom. The van der Waals surface area contributed by atoms with E-state index in [4.69, 9.17) is 15.2 Å². The number of tetrazole rings is 1. The summed E-state index contributed by atoms with van der Waals surface area (Å²) in [6, 6.07) is -0.0224. The van der Waals surface area contributed by atoms with Gasteiger partial charge in [0, 0.05) is 17.4 Å². The number of carbonyl (C=O) groups is 1. The number of hydrogen-bond acceptors (Lipinski definition) is 7. The molecule has 1 saturated heterocycles.